The van der Waals surface area contributed by atoms with Gasteiger partial charge in [-0.15, -0.1) is 0 Å². The van der Waals surface area contributed by atoms with Crippen molar-refractivity contribution in [1.29, 1.82) is 0 Å². The number of carbonyl (C=O) groups excluding carboxylic acids is 3. The first-order valence-electron chi connectivity index (χ1n) is 29.1. The Labute approximate surface area is 406 Å². The smallest absolute Gasteiger partial charge is 0.306 e. The molecule has 0 N–H and O–H groups in total. The van der Waals surface area contributed by atoms with Crippen molar-refractivity contribution in [2.45, 2.75) is 330 Å². The van der Waals surface area contributed by atoms with Crippen LogP contribution in [-0.4, -0.2) is 37.2 Å². The van der Waals surface area contributed by atoms with Gasteiger partial charge < -0.3 is 14.2 Å². The molecule has 0 saturated heterocycles. The molecule has 0 rings (SSSR count). The van der Waals surface area contributed by atoms with Crippen LogP contribution in [0, 0.1) is 17.8 Å². The van der Waals surface area contributed by atoms with Gasteiger partial charge in [-0.25, -0.2) is 0 Å². The summed E-state index contributed by atoms with van der Waals surface area (Å²) in [7, 11) is 0. The standard InChI is InChI=1S/C59H114O6/c1-7-55(6)47-41-35-29-23-19-20-26-32-38-44-50-59(62)65-56(52-64-58(61)49-43-37-31-25-18-14-16-22-28-34-40-46-54(4)5)51-63-57(60)48-42-36-30-24-17-13-11-9-8-10-12-15-21-27-33-39-45-53(2)3/h53-56H,7-52H2,1-6H3/t55?,56-/m1/s1. The van der Waals surface area contributed by atoms with Crippen LogP contribution < -0.4 is 0 Å². The third kappa shape index (κ3) is 51.6. The van der Waals surface area contributed by atoms with Gasteiger partial charge in [-0.1, -0.05) is 286 Å². The van der Waals surface area contributed by atoms with Crippen molar-refractivity contribution < 1.29 is 28.6 Å². The average Bonchev–Trinajstić information content (AvgIpc) is 3.28. The van der Waals surface area contributed by atoms with E-state index in [1.165, 1.54) is 205 Å². The van der Waals surface area contributed by atoms with Crippen LogP contribution in [0.4, 0.5) is 0 Å². The minimum absolute atomic E-state index is 0.0636. The highest BCUT2D eigenvalue weighted by Gasteiger charge is 2.19. The zero-order valence-electron chi connectivity index (χ0n) is 44.8. The fourth-order valence-corrected chi connectivity index (χ4v) is 8.97. The molecule has 0 fully saturated rings. The van der Waals surface area contributed by atoms with E-state index in [4.69, 9.17) is 14.2 Å². The summed E-state index contributed by atoms with van der Waals surface area (Å²) >= 11 is 0. The number of unbranched alkanes of at least 4 members (excludes halogenated alkanes) is 34. The molecule has 0 amide bonds. The molecular weight excluding hydrogens is 805 g/mol. The van der Waals surface area contributed by atoms with Gasteiger partial charge >= 0.3 is 17.9 Å². The van der Waals surface area contributed by atoms with E-state index >= 15 is 0 Å². The minimum Gasteiger partial charge on any atom is -0.462 e. The molecule has 386 valence electrons. The molecule has 6 heteroatoms. The van der Waals surface area contributed by atoms with Crippen LogP contribution in [0.15, 0.2) is 0 Å². The topological polar surface area (TPSA) is 78.9 Å². The summed E-state index contributed by atoms with van der Waals surface area (Å²) in [6.45, 7) is 13.8. The fourth-order valence-electron chi connectivity index (χ4n) is 8.97. The van der Waals surface area contributed by atoms with E-state index in [0.717, 1.165) is 75.5 Å². The Bertz CT molecular complexity index is 1010. The molecule has 0 aromatic heterocycles. The lowest BCUT2D eigenvalue weighted by Crippen LogP contribution is -2.30. The van der Waals surface area contributed by atoms with E-state index in [2.05, 4.69) is 41.5 Å². The molecule has 0 saturated carbocycles. The molecule has 0 heterocycles. The summed E-state index contributed by atoms with van der Waals surface area (Å²) < 4.78 is 16.9. The van der Waals surface area contributed by atoms with Gasteiger partial charge in [0.1, 0.15) is 13.2 Å². The lowest BCUT2D eigenvalue weighted by Gasteiger charge is -2.18. The molecule has 2 atom stereocenters. The highest BCUT2D eigenvalue weighted by molar-refractivity contribution is 5.71. The molecule has 0 radical (unpaired) electrons. The van der Waals surface area contributed by atoms with Crippen LogP contribution in [0.5, 0.6) is 0 Å². The highest BCUT2D eigenvalue weighted by atomic mass is 16.6. The van der Waals surface area contributed by atoms with Crippen LogP contribution in [0.25, 0.3) is 0 Å². The minimum atomic E-state index is -0.764. The third-order valence-corrected chi connectivity index (χ3v) is 13.8. The summed E-state index contributed by atoms with van der Waals surface area (Å²) in [6.07, 6.45) is 52.3. The number of hydrogen-bond acceptors (Lipinski definition) is 6. The van der Waals surface area contributed by atoms with Crippen molar-refractivity contribution in [1.82, 2.24) is 0 Å². The van der Waals surface area contributed by atoms with E-state index in [0.29, 0.717) is 19.3 Å². The van der Waals surface area contributed by atoms with Crippen LogP contribution in [0.2, 0.25) is 0 Å². The van der Waals surface area contributed by atoms with E-state index in [1.54, 1.807) is 0 Å². The molecular formula is C59H114O6. The Hall–Kier alpha value is -1.59. The molecule has 0 aliphatic heterocycles. The number of esters is 3. The third-order valence-electron chi connectivity index (χ3n) is 13.8. The zero-order chi connectivity index (χ0) is 47.7. The first-order chi connectivity index (χ1) is 31.6. The lowest BCUT2D eigenvalue weighted by atomic mass is 9.99. The van der Waals surface area contributed by atoms with E-state index < -0.39 is 6.10 Å². The van der Waals surface area contributed by atoms with Crippen molar-refractivity contribution >= 4 is 17.9 Å². The Kier molecular flexibility index (Phi) is 49.1. The number of rotatable bonds is 52. The van der Waals surface area contributed by atoms with E-state index in [9.17, 15) is 14.4 Å². The zero-order valence-corrected chi connectivity index (χ0v) is 44.8. The fraction of sp³-hybridized carbons (Fsp3) is 0.949. The predicted molar refractivity (Wildman–Crippen MR) is 279 cm³/mol. The van der Waals surface area contributed by atoms with Crippen molar-refractivity contribution in [3.63, 3.8) is 0 Å². The van der Waals surface area contributed by atoms with Gasteiger partial charge in [0.05, 0.1) is 0 Å². The Morgan fingerprint density at radius 2 is 0.538 bits per heavy atom. The average molecular weight is 920 g/mol. The first kappa shape index (κ1) is 63.4. The summed E-state index contributed by atoms with van der Waals surface area (Å²) in [6, 6.07) is 0. The SMILES string of the molecule is CCC(C)CCCCCCCCCCCCC(=O)O[C@H](COC(=O)CCCCCCCCCCCCCCCCCCC(C)C)COC(=O)CCCCCCCCCCCCCC(C)C. The van der Waals surface area contributed by atoms with Crippen LogP contribution in [0.3, 0.4) is 0 Å². The summed E-state index contributed by atoms with van der Waals surface area (Å²) in [4.78, 5) is 38.1. The van der Waals surface area contributed by atoms with E-state index in [1.807, 2.05) is 0 Å². The summed E-state index contributed by atoms with van der Waals surface area (Å²) in [5, 5.41) is 0. The molecule has 0 spiro atoms. The molecule has 0 aliphatic carbocycles. The van der Waals surface area contributed by atoms with Crippen LogP contribution in [-0.2, 0) is 28.6 Å². The molecule has 6 nitrogen and oxygen atoms in total. The number of carbonyl (C=O) groups is 3. The summed E-state index contributed by atoms with van der Waals surface area (Å²) in [5.74, 6) is 1.70. The second-order valence-corrected chi connectivity index (χ2v) is 21.5. The van der Waals surface area contributed by atoms with Crippen LogP contribution >= 0.6 is 0 Å². The Morgan fingerprint density at radius 1 is 0.308 bits per heavy atom. The molecule has 0 bridgehead atoms. The van der Waals surface area contributed by atoms with Gasteiger partial charge in [0.2, 0.25) is 0 Å². The van der Waals surface area contributed by atoms with Gasteiger partial charge in [-0.3, -0.25) is 14.4 Å². The van der Waals surface area contributed by atoms with Crippen LogP contribution in [0.1, 0.15) is 324 Å². The number of ether oxygens (including phenoxy) is 3. The molecule has 0 aromatic rings. The molecule has 1 unspecified atom stereocenters. The lowest BCUT2D eigenvalue weighted by molar-refractivity contribution is -0.167. The van der Waals surface area contributed by atoms with E-state index in [-0.39, 0.29) is 31.1 Å². The maximum absolute atomic E-state index is 12.8. The Balaban J connectivity index is 4.29. The maximum Gasteiger partial charge on any atom is 0.306 e. The molecule has 65 heavy (non-hydrogen) atoms. The first-order valence-corrected chi connectivity index (χ1v) is 29.1. The van der Waals surface area contributed by atoms with Crippen molar-refractivity contribution in [2.24, 2.45) is 17.8 Å². The second kappa shape index (κ2) is 50.3. The van der Waals surface area contributed by atoms with Gasteiger partial charge in [0.15, 0.2) is 6.10 Å². The molecule has 0 aromatic carbocycles. The monoisotopic (exact) mass is 919 g/mol. The maximum atomic E-state index is 12.8. The van der Waals surface area contributed by atoms with Crippen molar-refractivity contribution in [3.05, 3.63) is 0 Å². The number of hydrogen-bond donors (Lipinski definition) is 0. The molecule has 0 aliphatic rings. The van der Waals surface area contributed by atoms with Gasteiger partial charge in [-0.05, 0) is 37.0 Å². The summed E-state index contributed by atoms with van der Waals surface area (Å²) in [5.41, 5.74) is 0. The largest absolute Gasteiger partial charge is 0.462 e. The van der Waals surface area contributed by atoms with Crippen molar-refractivity contribution in [2.75, 3.05) is 13.2 Å². The van der Waals surface area contributed by atoms with Gasteiger partial charge in [0, 0.05) is 19.3 Å². The second-order valence-electron chi connectivity index (χ2n) is 21.5. The Morgan fingerprint density at radius 3 is 0.800 bits per heavy atom. The van der Waals surface area contributed by atoms with Gasteiger partial charge in [-0.2, -0.15) is 0 Å². The quantitative estimate of drug-likeness (QED) is 0.0344. The highest BCUT2D eigenvalue weighted by Crippen LogP contribution is 2.19. The van der Waals surface area contributed by atoms with Crippen molar-refractivity contribution in [3.8, 4) is 0 Å². The van der Waals surface area contributed by atoms with Gasteiger partial charge in [0.25, 0.3) is 0 Å². The normalized spacial score (nSPS) is 12.6. The predicted octanol–water partition coefficient (Wildman–Crippen LogP) is 19.1.